The predicted molar refractivity (Wildman–Crippen MR) is 83.1 cm³/mol. The summed E-state index contributed by atoms with van der Waals surface area (Å²) in [5.74, 6) is -0.742. The lowest BCUT2D eigenvalue weighted by molar-refractivity contribution is -0.124. The molecule has 3 rings (SSSR count). The summed E-state index contributed by atoms with van der Waals surface area (Å²) in [5.41, 5.74) is 1.25. The molecular formula is C15H17ClN4O3. The SMILES string of the molecule is CNC(=O)[C@H]1CN(C(=O)c2ccoc2Cl)C[C@@H]1c1cnn(C)c1. The van der Waals surface area contributed by atoms with E-state index in [0.29, 0.717) is 18.7 Å². The first kappa shape index (κ1) is 15.6. The van der Waals surface area contributed by atoms with E-state index in [-0.39, 0.29) is 28.9 Å². The van der Waals surface area contributed by atoms with Crippen molar-refractivity contribution in [3.8, 4) is 0 Å². The molecule has 7 nitrogen and oxygen atoms in total. The number of aromatic nitrogens is 2. The van der Waals surface area contributed by atoms with E-state index in [2.05, 4.69) is 10.4 Å². The zero-order valence-electron chi connectivity index (χ0n) is 12.8. The van der Waals surface area contributed by atoms with Crippen LogP contribution in [0.2, 0.25) is 5.22 Å². The van der Waals surface area contributed by atoms with E-state index < -0.39 is 0 Å². The van der Waals surface area contributed by atoms with Gasteiger partial charge >= 0.3 is 0 Å². The number of aryl methyl sites for hydroxylation is 1. The van der Waals surface area contributed by atoms with Gasteiger partial charge in [0.15, 0.2) is 0 Å². The first-order valence-corrected chi connectivity index (χ1v) is 7.61. The summed E-state index contributed by atoms with van der Waals surface area (Å²) >= 11 is 5.89. The van der Waals surface area contributed by atoms with E-state index in [4.69, 9.17) is 16.0 Å². The summed E-state index contributed by atoms with van der Waals surface area (Å²) in [4.78, 5) is 26.4. The molecule has 122 valence electrons. The van der Waals surface area contributed by atoms with Gasteiger partial charge in [0, 0.05) is 39.3 Å². The summed E-state index contributed by atoms with van der Waals surface area (Å²) in [6.45, 7) is 0.768. The fourth-order valence-electron chi connectivity index (χ4n) is 3.01. The van der Waals surface area contributed by atoms with E-state index >= 15 is 0 Å². The van der Waals surface area contributed by atoms with Gasteiger partial charge in [-0.15, -0.1) is 0 Å². The van der Waals surface area contributed by atoms with E-state index in [1.165, 1.54) is 12.3 Å². The van der Waals surface area contributed by atoms with Gasteiger partial charge in [-0.2, -0.15) is 5.10 Å². The van der Waals surface area contributed by atoms with Crippen LogP contribution in [0.25, 0.3) is 0 Å². The number of carbonyl (C=O) groups excluding carboxylic acids is 2. The van der Waals surface area contributed by atoms with Gasteiger partial charge in [-0.3, -0.25) is 14.3 Å². The molecule has 0 aromatic carbocycles. The molecule has 2 aromatic heterocycles. The van der Waals surface area contributed by atoms with Gasteiger partial charge < -0.3 is 14.6 Å². The molecule has 2 atom stereocenters. The minimum atomic E-state index is -0.321. The van der Waals surface area contributed by atoms with Gasteiger partial charge in [0.1, 0.15) is 0 Å². The van der Waals surface area contributed by atoms with Crippen LogP contribution in [0, 0.1) is 5.92 Å². The Morgan fingerprint density at radius 1 is 1.43 bits per heavy atom. The molecule has 1 aliphatic rings. The molecule has 3 heterocycles. The number of hydrogen-bond donors (Lipinski definition) is 1. The Balaban J connectivity index is 1.87. The molecule has 2 aromatic rings. The van der Waals surface area contributed by atoms with Crippen molar-refractivity contribution in [1.29, 1.82) is 0 Å². The van der Waals surface area contributed by atoms with Crippen molar-refractivity contribution in [1.82, 2.24) is 20.0 Å². The Morgan fingerprint density at radius 3 is 2.78 bits per heavy atom. The molecule has 1 saturated heterocycles. The van der Waals surface area contributed by atoms with E-state index in [9.17, 15) is 9.59 Å². The molecule has 23 heavy (non-hydrogen) atoms. The molecule has 0 spiro atoms. The Bertz CT molecular complexity index is 739. The highest BCUT2D eigenvalue weighted by Gasteiger charge is 2.41. The van der Waals surface area contributed by atoms with Gasteiger partial charge in [-0.1, -0.05) is 0 Å². The highest BCUT2D eigenvalue weighted by atomic mass is 35.5. The predicted octanol–water partition coefficient (Wildman–Crippen LogP) is 1.27. The number of hydrogen-bond acceptors (Lipinski definition) is 4. The third-order valence-corrected chi connectivity index (χ3v) is 4.48. The van der Waals surface area contributed by atoms with E-state index in [0.717, 1.165) is 5.56 Å². The number of likely N-dealkylation sites (tertiary alicyclic amines) is 1. The molecule has 8 heteroatoms. The second kappa shape index (κ2) is 6.08. The molecule has 1 aliphatic heterocycles. The van der Waals surface area contributed by atoms with Crippen molar-refractivity contribution in [3.05, 3.63) is 41.1 Å². The van der Waals surface area contributed by atoms with Gasteiger partial charge in [-0.25, -0.2) is 0 Å². The monoisotopic (exact) mass is 336 g/mol. The maximum atomic E-state index is 12.6. The van der Waals surface area contributed by atoms with Crippen molar-refractivity contribution in [2.45, 2.75) is 5.92 Å². The molecular weight excluding hydrogens is 320 g/mol. The minimum absolute atomic E-state index is 0.0660. The van der Waals surface area contributed by atoms with Crippen molar-refractivity contribution in [2.24, 2.45) is 13.0 Å². The first-order chi connectivity index (χ1) is 11.0. The number of nitrogens with zero attached hydrogens (tertiary/aromatic N) is 3. The van der Waals surface area contributed by atoms with Crippen molar-refractivity contribution in [2.75, 3.05) is 20.1 Å². The number of furan rings is 1. The summed E-state index contributed by atoms with van der Waals surface area (Å²) in [6, 6.07) is 1.54. The van der Waals surface area contributed by atoms with Crippen molar-refractivity contribution >= 4 is 23.4 Å². The lowest BCUT2D eigenvalue weighted by Gasteiger charge is -2.15. The zero-order chi connectivity index (χ0) is 16.6. The Morgan fingerprint density at radius 2 is 2.22 bits per heavy atom. The summed E-state index contributed by atoms with van der Waals surface area (Å²) in [5, 5.41) is 6.90. The molecule has 0 bridgehead atoms. The van der Waals surface area contributed by atoms with Gasteiger partial charge in [0.2, 0.25) is 11.1 Å². The average molecular weight is 337 g/mol. The summed E-state index contributed by atoms with van der Waals surface area (Å²) in [7, 11) is 3.42. The second-order valence-electron chi connectivity index (χ2n) is 5.59. The van der Waals surface area contributed by atoms with Gasteiger partial charge in [-0.05, 0) is 23.2 Å². The minimum Gasteiger partial charge on any atom is -0.452 e. The molecule has 0 radical (unpaired) electrons. The third kappa shape index (κ3) is 2.84. The molecule has 2 amide bonds. The third-order valence-electron chi connectivity index (χ3n) is 4.19. The van der Waals surface area contributed by atoms with Crippen LogP contribution in [-0.2, 0) is 11.8 Å². The van der Waals surface area contributed by atoms with Crippen LogP contribution >= 0.6 is 11.6 Å². The maximum absolute atomic E-state index is 12.6. The smallest absolute Gasteiger partial charge is 0.258 e. The summed E-state index contributed by atoms with van der Waals surface area (Å²) < 4.78 is 6.67. The number of rotatable bonds is 3. The fraction of sp³-hybridized carbons (Fsp3) is 0.400. The zero-order valence-corrected chi connectivity index (χ0v) is 13.6. The van der Waals surface area contributed by atoms with E-state index in [1.807, 2.05) is 13.2 Å². The molecule has 1 fully saturated rings. The second-order valence-corrected chi connectivity index (χ2v) is 5.94. The van der Waals surface area contributed by atoms with Crippen LogP contribution in [0.5, 0.6) is 0 Å². The molecule has 0 unspecified atom stereocenters. The lowest BCUT2D eigenvalue weighted by atomic mass is 9.90. The average Bonchev–Trinajstić information content (AvgIpc) is 3.24. The molecule has 0 saturated carbocycles. The number of amides is 2. The van der Waals surface area contributed by atoms with Crippen molar-refractivity contribution < 1.29 is 14.0 Å². The van der Waals surface area contributed by atoms with E-state index in [1.54, 1.807) is 22.8 Å². The van der Waals surface area contributed by atoms with Crippen LogP contribution < -0.4 is 5.32 Å². The van der Waals surface area contributed by atoms with Gasteiger partial charge in [0.25, 0.3) is 5.91 Å². The topological polar surface area (TPSA) is 80.4 Å². The Hall–Kier alpha value is -2.28. The first-order valence-electron chi connectivity index (χ1n) is 7.23. The van der Waals surface area contributed by atoms with Crippen LogP contribution in [0.15, 0.2) is 29.1 Å². The van der Waals surface area contributed by atoms with Crippen LogP contribution in [0.3, 0.4) is 0 Å². The lowest BCUT2D eigenvalue weighted by Crippen LogP contribution is -2.33. The van der Waals surface area contributed by atoms with Crippen molar-refractivity contribution in [3.63, 3.8) is 0 Å². The standard InChI is InChI=1S/C15H17ClN4O3/c1-17-14(21)12-8-20(15(22)10-3-4-23-13(10)16)7-11(12)9-5-18-19(2)6-9/h3-6,11-12H,7-8H2,1-2H3,(H,17,21)/t11-,12+/m1/s1. The van der Waals surface area contributed by atoms with Crippen LogP contribution in [0.4, 0.5) is 0 Å². The molecule has 0 aliphatic carbocycles. The number of carbonyl (C=O) groups is 2. The maximum Gasteiger partial charge on any atom is 0.258 e. The summed E-state index contributed by atoms with van der Waals surface area (Å²) in [6.07, 6.45) is 4.99. The van der Waals surface area contributed by atoms with Crippen LogP contribution in [-0.4, -0.2) is 46.6 Å². The number of nitrogens with one attached hydrogen (secondary N) is 1. The number of halogens is 1. The highest BCUT2D eigenvalue weighted by molar-refractivity contribution is 6.32. The molecule has 1 N–H and O–H groups in total. The van der Waals surface area contributed by atoms with Gasteiger partial charge in [0.05, 0.1) is 23.9 Å². The normalized spacial score (nSPS) is 20.7. The quantitative estimate of drug-likeness (QED) is 0.915. The fourth-order valence-corrected chi connectivity index (χ4v) is 3.20. The largest absolute Gasteiger partial charge is 0.452 e. The Labute approximate surface area is 138 Å². The Kier molecular flexibility index (Phi) is 4.12. The highest BCUT2D eigenvalue weighted by Crippen LogP contribution is 2.34. The van der Waals surface area contributed by atoms with Crippen LogP contribution in [0.1, 0.15) is 21.8 Å².